The highest BCUT2D eigenvalue weighted by atomic mass is 28.4. The first kappa shape index (κ1) is 20.3. The fourth-order valence-corrected chi connectivity index (χ4v) is 15.8. The Hall–Kier alpha value is -2.03. The van der Waals surface area contributed by atoms with Crippen molar-refractivity contribution in [1.29, 1.82) is 0 Å². The third-order valence-electron chi connectivity index (χ3n) is 6.38. The van der Waals surface area contributed by atoms with Gasteiger partial charge in [0.25, 0.3) is 0 Å². The first-order valence-electron chi connectivity index (χ1n) is 10.0. The molecular formula is C23H28FNO2Si2. The molecule has 1 amide bonds. The molecule has 0 unspecified atom stereocenters. The van der Waals surface area contributed by atoms with E-state index in [1.165, 1.54) is 16.8 Å². The number of allylic oxidation sites excluding steroid dienone is 1. The van der Waals surface area contributed by atoms with Crippen molar-refractivity contribution in [2.45, 2.75) is 53.4 Å². The first-order valence-corrected chi connectivity index (χ1v) is 15.9. The number of amides is 1. The van der Waals surface area contributed by atoms with Crippen molar-refractivity contribution in [3.05, 3.63) is 51.3 Å². The Bertz CT molecular complexity index is 1130. The number of hydrogen-bond acceptors (Lipinski definition) is 2. The molecule has 1 heterocycles. The third kappa shape index (κ3) is 2.80. The van der Waals surface area contributed by atoms with Crippen molar-refractivity contribution < 1.29 is 13.3 Å². The van der Waals surface area contributed by atoms with E-state index in [0.717, 1.165) is 33.0 Å². The topological polar surface area (TPSA) is 52.3 Å². The Labute approximate surface area is 174 Å². The van der Waals surface area contributed by atoms with Gasteiger partial charge in [-0.25, -0.2) is 4.39 Å². The van der Waals surface area contributed by atoms with Crippen LogP contribution in [0.15, 0.2) is 17.7 Å². The number of hydrogen-bond donors (Lipinski definition) is 1. The maximum absolute atomic E-state index is 14.5. The molecule has 6 heteroatoms. The summed E-state index contributed by atoms with van der Waals surface area (Å²) in [5.74, 6) is -0.627. The van der Waals surface area contributed by atoms with E-state index in [-0.39, 0.29) is 5.82 Å². The van der Waals surface area contributed by atoms with Gasteiger partial charge in [-0.3, -0.25) is 4.79 Å². The highest BCUT2D eigenvalue weighted by Gasteiger charge is 2.47. The van der Waals surface area contributed by atoms with Crippen LogP contribution in [0, 0.1) is 19.7 Å². The number of fused-ring (bicyclic) bond motifs is 3. The van der Waals surface area contributed by atoms with Gasteiger partial charge in [-0.2, -0.15) is 0 Å². The second-order valence-electron chi connectivity index (χ2n) is 9.39. The first-order chi connectivity index (χ1) is 13.4. The predicted molar refractivity (Wildman–Crippen MR) is 122 cm³/mol. The standard InChI is InChI=1S/C23H28FNO2Si2/c1-12-10-16-15(8-9-18(24)17(16)11-12)19-13(2)21-14(3)22(20(19)23(25)26)29(6,7)27-28(21,4)5/h8-10H,11H2,1-7H3,(H2,25,26). The van der Waals surface area contributed by atoms with Crippen LogP contribution in [0.2, 0.25) is 26.2 Å². The Morgan fingerprint density at radius 1 is 1.03 bits per heavy atom. The Kier molecular flexibility index (Phi) is 4.35. The summed E-state index contributed by atoms with van der Waals surface area (Å²) in [6.07, 6.45) is 2.65. The van der Waals surface area contributed by atoms with E-state index >= 15 is 0 Å². The highest BCUT2D eigenvalue weighted by molar-refractivity contribution is 7.00. The zero-order valence-electron chi connectivity index (χ0n) is 18.2. The molecule has 3 nitrogen and oxygen atoms in total. The summed E-state index contributed by atoms with van der Waals surface area (Å²) in [6, 6.07) is 3.34. The van der Waals surface area contributed by atoms with E-state index in [0.29, 0.717) is 17.5 Å². The van der Waals surface area contributed by atoms with E-state index in [1.54, 1.807) is 0 Å². The Morgan fingerprint density at radius 3 is 2.28 bits per heavy atom. The molecule has 1 aliphatic carbocycles. The maximum atomic E-state index is 14.5. The summed E-state index contributed by atoms with van der Waals surface area (Å²) in [6.45, 7) is 14.9. The summed E-state index contributed by atoms with van der Waals surface area (Å²) in [7, 11) is -4.48. The van der Waals surface area contributed by atoms with Crippen LogP contribution in [0.1, 0.15) is 39.5 Å². The quantitative estimate of drug-likeness (QED) is 0.739. The molecule has 1 aliphatic heterocycles. The predicted octanol–water partition coefficient (Wildman–Crippen LogP) is 4.02. The second kappa shape index (κ2) is 6.23. The average Bonchev–Trinajstić information content (AvgIpc) is 2.95. The molecule has 4 rings (SSSR count). The molecule has 2 N–H and O–H groups in total. The smallest absolute Gasteiger partial charge is 0.249 e. The van der Waals surface area contributed by atoms with Crippen LogP contribution in [-0.2, 0) is 10.5 Å². The summed E-state index contributed by atoms with van der Waals surface area (Å²) in [5.41, 5.74) is 13.3. The van der Waals surface area contributed by atoms with E-state index in [2.05, 4.69) is 40.0 Å². The Balaban J connectivity index is 2.21. The number of carbonyl (C=O) groups is 1. The third-order valence-corrected chi connectivity index (χ3v) is 14.2. The SMILES string of the molecule is CC1=Cc2c(-c3c(C)c4c(C)c(c3C(N)=O)[Si](C)(C)O[Si]4(C)C)ccc(F)c2C1. The summed E-state index contributed by atoms with van der Waals surface area (Å²) < 4.78 is 21.2. The number of nitrogens with two attached hydrogens (primary N) is 1. The van der Waals surface area contributed by atoms with Gasteiger partial charge in [0, 0.05) is 5.56 Å². The normalized spacial score (nSPS) is 18.4. The molecule has 0 spiro atoms. The van der Waals surface area contributed by atoms with Crippen LogP contribution in [0.25, 0.3) is 17.2 Å². The van der Waals surface area contributed by atoms with E-state index in [1.807, 2.05) is 19.1 Å². The molecule has 2 aliphatic rings. The number of benzene rings is 2. The molecule has 0 aromatic heterocycles. The van der Waals surface area contributed by atoms with Crippen LogP contribution in [-0.4, -0.2) is 22.5 Å². The van der Waals surface area contributed by atoms with Crippen molar-refractivity contribution in [2.75, 3.05) is 0 Å². The van der Waals surface area contributed by atoms with Crippen molar-refractivity contribution in [3.8, 4) is 11.1 Å². The average molecular weight is 426 g/mol. The van der Waals surface area contributed by atoms with Crippen molar-refractivity contribution in [2.24, 2.45) is 5.73 Å². The van der Waals surface area contributed by atoms with Crippen LogP contribution in [0.5, 0.6) is 0 Å². The van der Waals surface area contributed by atoms with Gasteiger partial charge in [0.05, 0.1) is 0 Å². The largest absolute Gasteiger partial charge is 0.449 e. The molecule has 152 valence electrons. The zero-order valence-corrected chi connectivity index (χ0v) is 20.2. The van der Waals surface area contributed by atoms with Gasteiger partial charge in [-0.05, 0) is 103 Å². The molecule has 0 atom stereocenters. The van der Waals surface area contributed by atoms with Crippen LogP contribution >= 0.6 is 0 Å². The number of rotatable bonds is 2. The van der Waals surface area contributed by atoms with Gasteiger partial charge in [-0.15, -0.1) is 0 Å². The minimum atomic E-state index is -2.33. The van der Waals surface area contributed by atoms with Gasteiger partial charge in [0.2, 0.25) is 22.5 Å². The van der Waals surface area contributed by atoms with Gasteiger partial charge in [-0.1, -0.05) is 17.7 Å². The molecule has 29 heavy (non-hydrogen) atoms. The lowest BCUT2D eigenvalue weighted by atomic mass is 9.88. The van der Waals surface area contributed by atoms with E-state index < -0.39 is 22.5 Å². The fourth-order valence-electron chi connectivity index (χ4n) is 5.79. The number of halogens is 1. The molecule has 0 saturated heterocycles. The number of primary amides is 1. The highest BCUT2D eigenvalue weighted by Crippen LogP contribution is 2.40. The lowest BCUT2D eigenvalue weighted by molar-refractivity contribution is 0.100. The van der Waals surface area contributed by atoms with Gasteiger partial charge >= 0.3 is 0 Å². The van der Waals surface area contributed by atoms with Gasteiger partial charge in [0.15, 0.2) is 0 Å². The van der Waals surface area contributed by atoms with Crippen LogP contribution in [0.3, 0.4) is 0 Å². The van der Waals surface area contributed by atoms with E-state index in [4.69, 9.17) is 9.85 Å². The zero-order chi connectivity index (χ0) is 21.5. The molecule has 2 bridgehead atoms. The molecule has 0 saturated carbocycles. The molecule has 0 radical (unpaired) electrons. The summed E-state index contributed by atoms with van der Waals surface area (Å²) in [4.78, 5) is 12.8. The second-order valence-corrected chi connectivity index (χ2v) is 17.2. The van der Waals surface area contributed by atoms with Crippen LogP contribution < -0.4 is 16.1 Å². The molecule has 0 fully saturated rings. The minimum Gasteiger partial charge on any atom is -0.449 e. The Morgan fingerprint density at radius 2 is 1.66 bits per heavy atom. The maximum Gasteiger partial charge on any atom is 0.249 e. The van der Waals surface area contributed by atoms with Gasteiger partial charge < -0.3 is 9.85 Å². The van der Waals surface area contributed by atoms with Crippen molar-refractivity contribution in [3.63, 3.8) is 0 Å². The van der Waals surface area contributed by atoms with Crippen LogP contribution in [0.4, 0.5) is 4.39 Å². The lowest BCUT2D eigenvalue weighted by Crippen LogP contribution is -2.67. The molecule has 2 aromatic carbocycles. The van der Waals surface area contributed by atoms with Crippen molar-refractivity contribution in [1.82, 2.24) is 0 Å². The van der Waals surface area contributed by atoms with E-state index in [9.17, 15) is 9.18 Å². The molecule has 2 aromatic rings. The van der Waals surface area contributed by atoms with Gasteiger partial charge in [0.1, 0.15) is 5.82 Å². The lowest BCUT2D eigenvalue weighted by Gasteiger charge is -2.44. The molecular weight excluding hydrogens is 397 g/mol. The monoisotopic (exact) mass is 425 g/mol. The van der Waals surface area contributed by atoms with Crippen molar-refractivity contribution >= 4 is 39.0 Å². The summed E-state index contributed by atoms with van der Waals surface area (Å²) >= 11 is 0. The fraction of sp³-hybridized carbons (Fsp3) is 0.348. The summed E-state index contributed by atoms with van der Waals surface area (Å²) in [5, 5.41) is 2.25. The minimum absolute atomic E-state index is 0.192. The number of carbonyl (C=O) groups excluding carboxylic acids is 1.